The fraction of sp³-hybridized carbons (Fsp3) is 0.852. The minimum Gasteiger partial charge on any atom is -0.433 e. The molecule has 0 unspecified atom stereocenters. The molecule has 5 aliphatic rings. The molecule has 0 radical (unpaired) electrons. The van der Waals surface area contributed by atoms with Gasteiger partial charge in [-0.3, -0.25) is 9.59 Å². The Labute approximate surface area is 187 Å². The molecule has 0 bridgehead atoms. The van der Waals surface area contributed by atoms with E-state index in [4.69, 9.17) is 4.74 Å². The van der Waals surface area contributed by atoms with Gasteiger partial charge in [0.05, 0.1) is 0 Å². The van der Waals surface area contributed by atoms with E-state index < -0.39 is 5.79 Å². The van der Waals surface area contributed by atoms with Crippen molar-refractivity contribution >= 4 is 11.8 Å². The minimum absolute atomic E-state index is 0.0678. The van der Waals surface area contributed by atoms with Gasteiger partial charge in [-0.2, -0.15) is 0 Å². The lowest BCUT2D eigenvalue weighted by Crippen LogP contribution is -2.53. The SMILES string of the molecule is C[C@]12CC[C@](O)(OC(=O)CCC3CCCC3)CC1=CC[C@@H]1[C@@H]2CC[C@]2(C)C(=O)CC[C@@H]12. The molecule has 4 fully saturated rings. The second-order valence-corrected chi connectivity index (χ2v) is 12.0. The predicted octanol–water partition coefficient (Wildman–Crippen LogP) is 5.72. The lowest BCUT2D eigenvalue weighted by atomic mass is 9.48. The molecule has 6 atom stereocenters. The predicted molar refractivity (Wildman–Crippen MR) is 119 cm³/mol. The van der Waals surface area contributed by atoms with E-state index in [-0.39, 0.29) is 16.8 Å². The number of hydrogen-bond acceptors (Lipinski definition) is 4. The third-order valence-corrected chi connectivity index (χ3v) is 10.4. The van der Waals surface area contributed by atoms with Crippen LogP contribution in [0.2, 0.25) is 0 Å². The lowest BCUT2D eigenvalue weighted by Gasteiger charge is -2.57. The molecule has 0 aromatic rings. The zero-order chi connectivity index (χ0) is 21.9. The standard InChI is InChI=1S/C27H40O4/c1-25-15-16-27(30,31-24(29)12-7-18-5-3-4-6-18)17-19(25)8-9-20-21-10-11-23(28)26(21,2)14-13-22(20)25/h8,18,20-22,30H,3-7,9-17H2,1-2H3/t20-,21-,22-,25-,26-,27-/m0/s1. The third-order valence-electron chi connectivity index (χ3n) is 10.4. The molecule has 0 aromatic carbocycles. The Bertz CT molecular complexity index is 780. The molecular formula is C27H40O4. The average molecular weight is 429 g/mol. The smallest absolute Gasteiger partial charge is 0.308 e. The Morgan fingerprint density at radius 3 is 2.58 bits per heavy atom. The van der Waals surface area contributed by atoms with Gasteiger partial charge in [-0.25, -0.2) is 0 Å². The average Bonchev–Trinajstić information content (AvgIpc) is 3.35. The zero-order valence-corrected chi connectivity index (χ0v) is 19.5. The number of rotatable bonds is 4. The molecule has 0 aromatic heterocycles. The van der Waals surface area contributed by atoms with Crippen LogP contribution in [0.1, 0.15) is 104 Å². The number of fused-ring (bicyclic) bond motifs is 5. The van der Waals surface area contributed by atoms with Crippen molar-refractivity contribution < 1.29 is 19.4 Å². The summed E-state index contributed by atoms with van der Waals surface area (Å²) >= 11 is 0. The van der Waals surface area contributed by atoms with Gasteiger partial charge in [0, 0.05) is 31.1 Å². The van der Waals surface area contributed by atoms with Crippen LogP contribution in [0.3, 0.4) is 0 Å². The Hall–Kier alpha value is -1.16. The van der Waals surface area contributed by atoms with Crippen LogP contribution in [0.15, 0.2) is 11.6 Å². The van der Waals surface area contributed by atoms with Crippen LogP contribution in [0.5, 0.6) is 0 Å². The van der Waals surface area contributed by atoms with Gasteiger partial charge < -0.3 is 9.84 Å². The summed E-state index contributed by atoms with van der Waals surface area (Å²) in [6.07, 6.45) is 15.5. The van der Waals surface area contributed by atoms with Crippen molar-refractivity contribution in [2.24, 2.45) is 34.5 Å². The Kier molecular flexibility index (Phi) is 5.39. The molecule has 5 rings (SSSR count). The van der Waals surface area contributed by atoms with Crippen molar-refractivity contribution in [2.75, 3.05) is 0 Å². The van der Waals surface area contributed by atoms with Gasteiger partial charge in [0.2, 0.25) is 5.79 Å². The lowest BCUT2D eigenvalue weighted by molar-refractivity contribution is -0.223. The number of aliphatic hydroxyl groups is 1. The van der Waals surface area contributed by atoms with E-state index in [0.717, 1.165) is 44.9 Å². The summed E-state index contributed by atoms with van der Waals surface area (Å²) in [4.78, 5) is 25.1. The van der Waals surface area contributed by atoms with Crippen LogP contribution in [-0.4, -0.2) is 22.6 Å². The highest BCUT2D eigenvalue weighted by atomic mass is 16.7. The number of ether oxygens (including phenoxy) is 1. The first kappa shape index (κ1) is 21.7. The molecule has 0 spiro atoms. The molecule has 172 valence electrons. The molecule has 5 aliphatic carbocycles. The number of ketones is 1. The molecule has 0 heterocycles. The summed E-state index contributed by atoms with van der Waals surface area (Å²) in [6.45, 7) is 4.59. The van der Waals surface area contributed by atoms with E-state index in [0.29, 0.717) is 48.7 Å². The monoisotopic (exact) mass is 428 g/mol. The second kappa shape index (κ2) is 7.71. The number of Topliss-reactive ketones (excluding diaryl/α,β-unsaturated/α-hetero) is 1. The van der Waals surface area contributed by atoms with E-state index in [2.05, 4.69) is 19.9 Å². The molecule has 4 heteroatoms. The van der Waals surface area contributed by atoms with Crippen molar-refractivity contribution in [1.82, 2.24) is 0 Å². The maximum atomic E-state index is 12.6. The van der Waals surface area contributed by atoms with Crippen LogP contribution >= 0.6 is 0 Å². The molecule has 0 amide bonds. The Balaban J connectivity index is 1.26. The molecule has 1 N–H and O–H groups in total. The van der Waals surface area contributed by atoms with Gasteiger partial charge >= 0.3 is 5.97 Å². The van der Waals surface area contributed by atoms with Crippen LogP contribution in [0.25, 0.3) is 0 Å². The fourth-order valence-corrected chi connectivity index (χ4v) is 8.36. The molecule has 0 saturated heterocycles. The van der Waals surface area contributed by atoms with Gasteiger partial charge in [0.25, 0.3) is 0 Å². The number of hydrogen-bond donors (Lipinski definition) is 1. The van der Waals surface area contributed by atoms with Gasteiger partial charge in [0.1, 0.15) is 5.78 Å². The van der Waals surface area contributed by atoms with Crippen molar-refractivity contribution in [3.8, 4) is 0 Å². The summed E-state index contributed by atoms with van der Waals surface area (Å²) < 4.78 is 5.70. The zero-order valence-electron chi connectivity index (χ0n) is 19.5. The first-order chi connectivity index (χ1) is 14.7. The summed E-state index contributed by atoms with van der Waals surface area (Å²) in [6, 6.07) is 0. The molecule has 4 saturated carbocycles. The van der Waals surface area contributed by atoms with Crippen LogP contribution in [0.4, 0.5) is 0 Å². The van der Waals surface area contributed by atoms with E-state index in [1.54, 1.807) is 0 Å². The number of allylic oxidation sites excluding steroid dienone is 1. The van der Waals surface area contributed by atoms with Gasteiger partial charge in [-0.05, 0) is 67.6 Å². The van der Waals surface area contributed by atoms with Gasteiger partial charge in [0.15, 0.2) is 0 Å². The summed E-state index contributed by atoms with van der Waals surface area (Å²) in [5, 5.41) is 11.2. The number of esters is 1. The van der Waals surface area contributed by atoms with Crippen molar-refractivity contribution in [3.63, 3.8) is 0 Å². The van der Waals surface area contributed by atoms with E-state index in [1.807, 2.05) is 0 Å². The topological polar surface area (TPSA) is 63.6 Å². The fourth-order valence-electron chi connectivity index (χ4n) is 8.36. The minimum atomic E-state index is -1.34. The quantitative estimate of drug-likeness (QED) is 0.353. The van der Waals surface area contributed by atoms with E-state index in [1.165, 1.54) is 31.3 Å². The first-order valence-corrected chi connectivity index (χ1v) is 12.9. The van der Waals surface area contributed by atoms with E-state index in [9.17, 15) is 14.7 Å². The highest BCUT2D eigenvalue weighted by molar-refractivity contribution is 5.87. The highest BCUT2D eigenvalue weighted by Crippen LogP contribution is 2.64. The first-order valence-electron chi connectivity index (χ1n) is 12.9. The van der Waals surface area contributed by atoms with Gasteiger partial charge in [-0.15, -0.1) is 0 Å². The largest absolute Gasteiger partial charge is 0.433 e. The molecular weight excluding hydrogens is 388 g/mol. The van der Waals surface area contributed by atoms with Crippen molar-refractivity contribution in [1.29, 1.82) is 0 Å². The van der Waals surface area contributed by atoms with Crippen LogP contribution in [0, 0.1) is 34.5 Å². The summed E-state index contributed by atoms with van der Waals surface area (Å²) in [5.74, 6) is 1.26. The number of carbonyl (C=O) groups is 2. The maximum Gasteiger partial charge on any atom is 0.308 e. The van der Waals surface area contributed by atoms with Crippen LogP contribution in [-0.2, 0) is 14.3 Å². The second-order valence-electron chi connectivity index (χ2n) is 12.0. The van der Waals surface area contributed by atoms with E-state index >= 15 is 0 Å². The Morgan fingerprint density at radius 1 is 1.06 bits per heavy atom. The Morgan fingerprint density at radius 2 is 1.81 bits per heavy atom. The molecule has 31 heavy (non-hydrogen) atoms. The van der Waals surface area contributed by atoms with Gasteiger partial charge in [-0.1, -0.05) is 51.2 Å². The molecule has 4 nitrogen and oxygen atoms in total. The normalized spacial score (nSPS) is 44.9. The third kappa shape index (κ3) is 3.61. The van der Waals surface area contributed by atoms with Crippen molar-refractivity contribution in [3.05, 3.63) is 11.6 Å². The highest BCUT2D eigenvalue weighted by Gasteiger charge is 2.59. The number of carbonyl (C=O) groups excluding carboxylic acids is 2. The maximum absolute atomic E-state index is 12.6. The van der Waals surface area contributed by atoms with Crippen LogP contribution < -0.4 is 0 Å². The van der Waals surface area contributed by atoms with Crippen molar-refractivity contribution in [2.45, 2.75) is 110 Å². The molecule has 0 aliphatic heterocycles. The summed E-state index contributed by atoms with van der Waals surface area (Å²) in [5.41, 5.74) is 1.25. The summed E-state index contributed by atoms with van der Waals surface area (Å²) in [7, 11) is 0.